The van der Waals surface area contributed by atoms with Crippen LogP contribution in [0, 0.1) is 0 Å². The quantitative estimate of drug-likeness (QED) is 0.491. The average molecular weight is 340 g/mol. The van der Waals surface area contributed by atoms with Crippen molar-refractivity contribution in [1.29, 1.82) is 0 Å². The highest BCUT2D eigenvalue weighted by Crippen LogP contribution is 2.35. The van der Waals surface area contributed by atoms with Gasteiger partial charge < -0.3 is 4.40 Å². The second-order valence-electron chi connectivity index (χ2n) is 5.13. The van der Waals surface area contributed by atoms with Crippen LogP contribution in [-0.2, 0) is 0 Å². The number of benzene rings is 1. The predicted molar refractivity (Wildman–Crippen MR) is 93.9 cm³/mol. The number of fused-ring (bicyclic) bond motifs is 1. The number of rotatable bonds is 2. The summed E-state index contributed by atoms with van der Waals surface area (Å²) in [5, 5.41) is 1.25. The predicted octanol–water partition coefficient (Wildman–Crippen LogP) is 5.37. The van der Waals surface area contributed by atoms with Gasteiger partial charge in [-0.2, -0.15) is 0 Å². The maximum absolute atomic E-state index is 6.35. The first kappa shape index (κ1) is 14.2. The van der Waals surface area contributed by atoms with Gasteiger partial charge in [0, 0.05) is 46.5 Å². The molecule has 0 radical (unpaired) electrons. The zero-order chi connectivity index (χ0) is 15.8. The molecule has 0 fully saturated rings. The summed E-state index contributed by atoms with van der Waals surface area (Å²) in [7, 11) is 0. The van der Waals surface area contributed by atoms with Crippen LogP contribution in [0.1, 0.15) is 0 Å². The number of aromatic nitrogens is 3. The number of nitrogens with zero attached hydrogens (tertiary/aromatic N) is 3. The highest BCUT2D eigenvalue weighted by Gasteiger charge is 2.12. The van der Waals surface area contributed by atoms with E-state index in [1.807, 2.05) is 47.1 Å². The molecule has 0 unspecified atom stereocenters. The minimum Gasteiger partial charge on any atom is -0.306 e. The lowest BCUT2D eigenvalue weighted by Crippen LogP contribution is -1.92. The van der Waals surface area contributed by atoms with Crippen LogP contribution >= 0.6 is 23.2 Å². The summed E-state index contributed by atoms with van der Waals surface area (Å²) in [6.45, 7) is 0. The Labute approximate surface area is 143 Å². The Morgan fingerprint density at radius 1 is 0.870 bits per heavy atom. The molecule has 0 N–H and O–H groups in total. The molecule has 0 amide bonds. The lowest BCUT2D eigenvalue weighted by atomic mass is 10.0. The number of pyridine rings is 2. The molecule has 0 saturated heterocycles. The largest absolute Gasteiger partial charge is 0.306 e. The van der Waals surface area contributed by atoms with E-state index in [0.29, 0.717) is 10.0 Å². The molecule has 112 valence electrons. The third kappa shape index (κ3) is 2.58. The van der Waals surface area contributed by atoms with E-state index in [2.05, 4.69) is 9.97 Å². The van der Waals surface area contributed by atoms with Crippen LogP contribution in [-0.4, -0.2) is 14.4 Å². The minimum atomic E-state index is 0.623. The summed E-state index contributed by atoms with van der Waals surface area (Å²) in [6, 6.07) is 13.3. The van der Waals surface area contributed by atoms with Crippen molar-refractivity contribution in [3.8, 4) is 22.4 Å². The van der Waals surface area contributed by atoms with Gasteiger partial charge >= 0.3 is 0 Å². The zero-order valence-corrected chi connectivity index (χ0v) is 13.5. The van der Waals surface area contributed by atoms with E-state index < -0.39 is 0 Å². The Bertz CT molecular complexity index is 1010. The van der Waals surface area contributed by atoms with Crippen molar-refractivity contribution in [2.45, 2.75) is 0 Å². The first-order valence-corrected chi connectivity index (χ1v) is 7.81. The van der Waals surface area contributed by atoms with E-state index in [9.17, 15) is 0 Å². The molecule has 5 heteroatoms. The van der Waals surface area contributed by atoms with Crippen molar-refractivity contribution in [2.75, 3.05) is 0 Å². The van der Waals surface area contributed by atoms with Crippen LogP contribution in [0.15, 0.2) is 67.3 Å². The molecule has 0 aliphatic heterocycles. The summed E-state index contributed by atoms with van der Waals surface area (Å²) >= 11 is 12.5. The molecule has 0 bridgehead atoms. The van der Waals surface area contributed by atoms with Gasteiger partial charge in [-0.25, -0.2) is 4.98 Å². The summed E-state index contributed by atoms with van der Waals surface area (Å²) in [5.74, 6) is 0. The van der Waals surface area contributed by atoms with Gasteiger partial charge in [-0.05, 0) is 36.4 Å². The van der Waals surface area contributed by atoms with Gasteiger partial charge in [0.2, 0.25) is 0 Å². The fraction of sp³-hybridized carbons (Fsp3) is 0. The van der Waals surface area contributed by atoms with E-state index >= 15 is 0 Å². The third-order valence-electron chi connectivity index (χ3n) is 3.69. The molecule has 3 heterocycles. The summed E-state index contributed by atoms with van der Waals surface area (Å²) in [5.41, 5.74) is 4.56. The van der Waals surface area contributed by atoms with Crippen molar-refractivity contribution in [3.05, 3.63) is 77.3 Å². The standard InChI is InChI=1S/C18H11Cl2N3/c19-13-4-5-16(20)15(10-13)18-14(2-1-7-22-18)12-3-6-17-21-8-9-23(17)11-12/h1-11H. The Kier molecular flexibility index (Phi) is 3.52. The maximum Gasteiger partial charge on any atom is 0.136 e. The first-order valence-electron chi connectivity index (χ1n) is 7.06. The summed E-state index contributed by atoms with van der Waals surface area (Å²) < 4.78 is 1.98. The van der Waals surface area contributed by atoms with Crippen LogP contribution in [0.3, 0.4) is 0 Å². The molecule has 0 aliphatic rings. The van der Waals surface area contributed by atoms with Gasteiger partial charge in [-0.3, -0.25) is 4.98 Å². The molecule has 23 heavy (non-hydrogen) atoms. The smallest absolute Gasteiger partial charge is 0.136 e. The topological polar surface area (TPSA) is 30.2 Å². The van der Waals surface area contributed by atoms with Crippen LogP contribution in [0.25, 0.3) is 28.0 Å². The monoisotopic (exact) mass is 339 g/mol. The normalized spacial score (nSPS) is 11.0. The van der Waals surface area contributed by atoms with Gasteiger partial charge in [0.1, 0.15) is 5.65 Å². The number of hydrogen-bond acceptors (Lipinski definition) is 2. The fourth-order valence-corrected chi connectivity index (χ4v) is 2.99. The van der Waals surface area contributed by atoms with Crippen molar-refractivity contribution in [2.24, 2.45) is 0 Å². The van der Waals surface area contributed by atoms with Crippen LogP contribution in [0.2, 0.25) is 10.0 Å². The van der Waals surface area contributed by atoms with Crippen molar-refractivity contribution < 1.29 is 0 Å². The van der Waals surface area contributed by atoms with Crippen LogP contribution in [0.5, 0.6) is 0 Å². The molecule has 4 rings (SSSR count). The molecule has 1 aromatic carbocycles. The number of imidazole rings is 1. The SMILES string of the molecule is Clc1ccc(Cl)c(-c2ncccc2-c2ccc3nccn3c2)c1. The van der Waals surface area contributed by atoms with Gasteiger partial charge in [0.05, 0.1) is 10.7 Å². The first-order chi connectivity index (χ1) is 11.2. The Morgan fingerprint density at radius 2 is 1.78 bits per heavy atom. The molecule has 0 saturated carbocycles. The summed E-state index contributed by atoms with van der Waals surface area (Å²) in [6.07, 6.45) is 7.48. The lowest BCUT2D eigenvalue weighted by molar-refractivity contribution is 1.19. The van der Waals surface area contributed by atoms with Crippen LogP contribution in [0.4, 0.5) is 0 Å². The minimum absolute atomic E-state index is 0.623. The van der Waals surface area contributed by atoms with E-state index in [0.717, 1.165) is 28.0 Å². The fourth-order valence-electron chi connectivity index (χ4n) is 2.61. The summed E-state index contributed by atoms with van der Waals surface area (Å²) in [4.78, 5) is 8.80. The Hall–Kier alpha value is -2.36. The average Bonchev–Trinajstić information content (AvgIpc) is 3.05. The van der Waals surface area contributed by atoms with E-state index in [4.69, 9.17) is 23.2 Å². The Morgan fingerprint density at radius 3 is 2.70 bits per heavy atom. The molecule has 3 nitrogen and oxygen atoms in total. The molecule has 3 aromatic heterocycles. The highest BCUT2D eigenvalue weighted by molar-refractivity contribution is 6.35. The second-order valence-corrected chi connectivity index (χ2v) is 5.98. The molecular weight excluding hydrogens is 329 g/mol. The Balaban J connectivity index is 1.94. The van der Waals surface area contributed by atoms with Crippen molar-refractivity contribution >= 4 is 28.8 Å². The molecule has 4 aromatic rings. The van der Waals surface area contributed by atoms with Gasteiger partial charge in [0.15, 0.2) is 0 Å². The van der Waals surface area contributed by atoms with E-state index in [1.54, 1.807) is 24.5 Å². The zero-order valence-electron chi connectivity index (χ0n) is 11.9. The van der Waals surface area contributed by atoms with E-state index in [-0.39, 0.29) is 0 Å². The lowest BCUT2D eigenvalue weighted by Gasteiger charge is -2.11. The molecular formula is C18H11Cl2N3. The molecule has 0 aliphatic carbocycles. The van der Waals surface area contributed by atoms with Crippen molar-refractivity contribution in [3.63, 3.8) is 0 Å². The second kappa shape index (κ2) is 5.69. The van der Waals surface area contributed by atoms with Gasteiger partial charge in [-0.1, -0.05) is 29.3 Å². The van der Waals surface area contributed by atoms with Gasteiger partial charge in [0.25, 0.3) is 0 Å². The van der Waals surface area contributed by atoms with E-state index in [1.165, 1.54) is 0 Å². The highest BCUT2D eigenvalue weighted by atomic mass is 35.5. The number of halogens is 2. The van der Waals surface area contributed by atoms with Crippen LogP contribution < -0.4 is 0 Å². The molecule has 0 spiro atoms. The van der Waals surface area contributed by atoms with Gasteiger partial charge in [-0.15, -0.1) is 0 Å². The van der Waals surface area contributed by atoms with Crippen molar-refractivity contribution in [1.82, 2.24) is 14.4 Å². The molecule has 0 atom stereocenters. The third-order valence-corrected chi connectivity index (χ3v) is 4.26. The maximum atomic E-state index is 6.35. The number of hydrogen-bond donors (Lipinski definition) is 0.